The number of aliphatic hydroxyl groups excluding tert-OH is 1. The van der Waals surface area contributed by atoms with Gasteiger partial charge in [-0.2, -0.15) is 0 Å². The number of aliphatic hydroxyl groups is 1. The van der Waals surface area contributed by atoms with Crippen LogP contribution in [0.4, 0.5) is 0 Å². The van der Waals surface area contributed by atoms with E-state index in [-0.39, 0.29) is 12.0 Å². The van der Waals surface area contributed by atoms with Gasteiger partial charge in [-0.25, -0.2) is 4.98 Å². The van der Waals surface area contributed by atoms with Crippen LogP contribution in [0.2, 0.25) is 0 Å². The number of β-amino-alcohol motifs (C(OH)–C–C–N with tert-alkyl or cyclic N) is 1. The van der Waals surface area contributed by atoms with E-state index in [9.17, 15) is 9.90 Å². The molecule has 1 N–H and O–H groups in total. The minimum atomic E-state index is -0.462. The Morgan fingerprint density at radius 2 is 2.33 bits per heavy atom. The van der Waals surface area contributed by atoms with E-state index in [1.54, 1.807) is 11.3 Å². The Bertz CT molecular complexity index is 427. The Balaban J connectivity index is 2.09. The van der Waals surface area contributed by atoms with E-state index in [0.29, 0.717) is 19.5 Å². The number of thiazole rings is 1. The summed E-state index contributed by atoms with van der Waals surface area (Å²) < 4.78 is 4.77. The quantitative estimate of drug-likeness (QED) is 0.826. The molecule has 6 heteroatoms. The van der Waals surface area contributed by atoms with Gasteiger partial charge < -0.3 is 9.84 Å². The van der Waals surface area contributed by atoms with Crippen LogP contribution in [0, 0.1) is 13.8 Å². The molecule has 18 heavy (non-hydrogen) atoms. The molecule has 5 nitrogen and oxygen atoms in total. The summed E-state index contributed by atoms with van der Waals surface area (Å²) in [6.07, 6.45) is -0.0213. The van der Waals surface area contributed by atoms with Gasteiger partial charge in [0, 0.05) is 17.8 Å². The molecule has 2 rings (SSSR count). The Morgan fingerprint density at radius 3 is 2.89 bits per heavy atom. The van der Waals surface area contributed by atoms with Crippen molar-refractivity contribution in [3.63, 3.8) is 0 Å². The van der Waals surface area contributed by atoms with Crippen molar-refractivity contribution >= 4 is 17.3 Å². The molecule has 2 unspecified atom stereocenters. The zero-order chi connectivity index (χ0) is 13.3. The number of likely N-dealkylation sites (tertiary alicyclic amines) is 1. The highest BCUT2D eigenvalue weighted by atomic mass is 32.1. The summed E-state index contributed by atoms with van der Waals surface area (Å²) in [7, 11) is 1.38. The molecular weight excluding hydrogens is 252 g/mol. The Labute approximate surface area is 110 Å². The minimum Gasteiger partial charge on any atom is -0.468 e. The average molecular weight is 270 g/mol. The van der Waals surface area contributed by atoms with E-state index in [4.69, 9.17) is 4.74 Å². The van der Waals surface area contributed by atoms with Gasteiger partial charge >= 0.3 is 5.97 Å². The zero-order valence-corrected chi connectivity index (χ0v) is 11.7. The standard InChI is InChI=1S/C12H18N2O3S/c1-7-8(2)18-11(13-7)6-14-5-9(15)4-10(14)12(16)17-3/h9-10,15H,4-6H2,1-3H3. The summed E-state index contributed by atoms with van der Waals surface area (Å²) in [6, 6.07) is -0.352. The molecule has 100 valence electrons. The molecule has 0 spiro atoms. The van der Waals surface area contributed by atoms with Crippen LogP contribution in [-0.4, -0.2) is 46.8 Å². The number of ether oxygens (including phenoxy) is 1. The van der Waals surface area contributed by atoms with E-state index in [0.717, 1.165) is 10.7 Å². The van der Waals surface area contributed by atoms with Crippen molar-refractivity contribution in [1.82, 2.24) is 9.88 Å². The first-order valence-electron chi connectivity index (χ1n) is 5.94. The van der Waals surface area contributed by atoms with Gasteiger partial charge in [-0.1, -0.05) is 0 Å². The number of carbonyl (C=O) groups excluding carboxylic acids is 1. The third-order valence-corrected chi connectivity index (χ3v) is 4.32. The molecule has 0 radical (unpaired) electrons. The molecule has 1 aliphatic heterocycles. The van der Waals surface area contributed by atoms with Gasteiger partial charge in [-0.05, 0) is 13.8 Å². The molecule has 1 fully saturated rings. The molecular formula is C12H18N2O3S. The molecule has 2 atom stereocenters. The van der Waals surface area contributed by atoms with Gasteiger partial charge in [0.1, 0.15) is 11.0 Å². The molecule has 0 bridgehead atoms. The smallest absolute Gasteiger partial charge is 0.323 e. The zero-order valence-electron chi connectivity index (χ0n) is 10.8. The van der Waals surface area contributed by atoms with Crippen molar-refractivity contribution < 1.29 is 14.6 Å². The average Bonchev–Trinajstić information content (AvgIpc) is 2.82. The summed E-state index contributed by atoms with van der Waals surface area (Å²) in [4.78, 5) is 19.2. The summed E-state index contributed by atoms with van der Waals surface area (Å²) in [5.41, 5.74) is 1.03. The SMILES string of the molecule is COC(=O)C1CC(O)CN1Cc1nc(C)c(C)s1. The van der Waals surface area contributed by atoms with Crippen LogP contribution in [0.3, 0.4) is 0 Å². The second-order valence-electron chi connectivity index (χ2n) is 4.61. The van der Waals surface area contributed by atoms with Crippen molar-refractivity contribution in [2.24, 2.45) is 0 Å². The molecule has 1 aromatic heterocycles. The van der Waals surface area contributed by atoms with Gasteiger partial charge in [-0.3, -0.25) is 9.69 Å². The molecule has 0 saturated carbocycles. The fourth-order valence-corrected chi connectivity index (χ4v) is 3.18. The fourth-order valence-electron chi connectivity index (χ4n) is 2.22. The maximum Gasteiger partial charge on any atom is 0.323 e. The predicted molar refractivity (Wildman–Crippen MR) is 68.4 cm³/mol. The number of esters is 1. The number of carbonyl (C=O) groups is 1. The Kier molecular flexibility index (Phi) is 3.99. The van der Waals surface area contributed by atoms with Crippen LogP contribution >= 0.6 is 11.3 Å². The van der Waals surface area contributed by atoms with Crippen molar-refractivity contribution in [3.05, 3.63) is 15.6 Å². The lowest BCUT2D eigenvalue weighted by molar-refractivity contribution is -0.146. The number of aromatic nitrogens is 1. The first-order chi connectivity index (χ1) is 8.51. The van der Waals surface area contributed by atoms with Crippen LogP contribution in [0.15, 0.2) is 0 Å². The van der Waals surface area contributed by atoms with Crippen LogP contribution < -0.4 is 0 Å². The van der Waals surface area contributed by atoms with Crippen LogP contribution in [0.5, 0.6) is 0 Å². The van der Waals surface area contributed by atoms with E-state index >= 15 is 0 Å². The minimum absolute atomic E-state index is 0.281. The Hall–Kier alpha value is -0.980. The molecule has 0 amide bonds. The molecule has 0 aliphatic carbocycles. The third-order valence-electron chi connectivity index (χ3n) is 3.27. The van der Waals surface area contributed by atoms with Crippen LogP contribution in [-0.2, 0) is 16.1 Å². The molecule has 1 aromatic rings. The first-order valence-corrected chi connectivity index (χ1v) is 6.75. The monoisotopic (exact) mass is 270 g/mol. The molecule has 1 saturated heterocycles. The molecule has 2 heterocycles. The van der Waals surface area contributed by atoms with Crippen LogP contribution in [0.25, 0.3) is 0 Å². The highest BCUT2D eigenvalue weighted by molar-refractivity contribution is 7.11. The maximum absolute atomic E-state index is 11.6. The number of hydrogen-bond donors (Lipinski definition) is 1. The largest absolute Gasteiger partial charge is 0.468 e. The van der Waals surface area contributed by atoms with E-state index in [2.05, 4.69) is 4.98 Å². The predicted octanol–water partition coefficient (Wildman–Crippen LogP) is 0.868. The fraction of sp³-hybridized carbons (Fsp3) is 0.667. The molecule has 0 aromatic carbocycles. The number of nitrogens with zero attached hydrogens (tertiary/aromatic N) is 2. The van der Waals surface area contributed by atoms with E-state index in [1.165, 1.54) is 12.0 Å². The molecule has 1 aliphatic rings. The summed E-state index contributed by atoms with van der Waals surface area (Å²) in [6.45, 7) is 5.10. The number of hydrogen-bond acceptors (Lipinski definition) is 6. The lowest BCUT2D eigenvalue weighted by Gasteiger charge is -2.20. The van der Waals surface area contributed by atoms with Crippen molar-refractivity contribution in [2.75, 3.05) is 13.7 Å². The van der Waals surface area contributed by atoms with Crippen molar-refractivity contribution in [3.8, 4) is 0 Å². The van der Waals surface area contributed by atoms with E-state index in [1.807, 2.05) is 18.7 Å². The van der Waals surface area contributed by atoms with Gasteiger partial charge in [0.2, 0.25) is 0 Å². The number of rotatable bonds is 3. The third kappa shape index (κ3) is 2.71. The second-order valence-corrected chi connectivity index (χ2v) is 5.89. The lowest BCUT2D eigenvalue weighted by Crippen LogP contribution is -2.36. The van der Waals surface area contributed by atoms with Gasteiger partial charge in [-0.15, -0.1) is 11.3 Å². The topological polar surface area (TPSA) is 62.7 Å². The van der Waals surface area contributed by atoms with Crippen molar-refractivity contribution in [1.29, 1.82) is 0 Å². The van der Waals surface area contributed by atoms with Gasteiger partial charge in [0.25, 0.3) is 0 Å². The highest BCUT2D eigenvalue weighted by Gasteiger charge is 2.37. The van der Waals surface area contributed by atoms with Crippen LogP contribution in [0.1, 0.15) is 22.0 Å². The number of methoxy groups -OCH3 is 1. The normalized spacial score (nSPS) is 24.4. The summed E-state index contributed by atoms with van der Waals surface area (Å²) in [5, 5.41) is 10.7. The van der Waals surface area contributed by atoms with E-state index < -0.39 is 6.10 Å². The van der Waals surface area contributed by atoms with Gasteiger partial charge in [0.05, 0.1) is 25.5 Å². The highest BCUT2D eigenvalue weighted by Crippen LogP contribution is 2.24. The lowest BCUT2D eigenvalue weighted by atomic mass is 10.2. The maximum atomic E-state index is 11.6. The van der Waals surface area contributed by atoms with Crippen molar-refractivity contribution in [2.45, 2.75) is 39.0 Å². The summed E-state index contributed by atoms with van der Waals surface area (Å²) >= 11 is 1.64. The Morgan fingerprint density at radius 1 is 1.61 bits per heavy atom. The first kappa shape index (κ1) is 13.5. The second kappa shape index (κ2) is 5.34. The number of aryl methyl sites for hydroxylation is 2. The van der Waals surface area contributed by atoms with Gasteiger partial charge in [0.15, 0.2) is 0 Å². The summed E-state index contributed by atoms with van der Waals surface area (Å²) in [5.74, 6) is -0.281.